The largest absolute Gasteiger partial charge is 0.416 e. The minimum atomic E-state index is -4.50. The van der Waals surface area contributed by atoms with Crippen molar-refractivity contribution in [2.45, 2.75) is 18.5 Å². The van der Waals surface area contributed by atoms with Crippen LogP contribution in [0.15, 0.2) is 24.3 Å². The lowest BCUT2D eigenvalue weighted by atomic mass is 10.0. The minimum Gasteiger partial charge on any atom is -0.274 e. The lowest BCUT2D eigenvalue weighted by Gasteiger charge is -2.14. The van der Waals surface area contributed by atoms with E-state index in [1.54, 1.807) is 0 Å². The number of nitrogens with zero attached hydrogens (tertiary/aromatic N) is 1. The predicted molar refractivity (Wildman–Crippen MR) is 73.0 cm³/mol. The molecule has 1 N–H and O–H groups in total. The number of hydrogen-bond donors (Lipinski definition) is 1. The molecule has 2 unspecified atom stereocenters. The van der Waals surface area contributed by atoms with E-state index in [1.807, 2.05) is 4.72 Å². The quantitative estimate of drug-likeness (QED) is 0.911. The number of alkyl halides is 3. The molecule has 1 fully saturated rings. The van der Waals surface area contributed by atoms with Crippen molar-refractivity contribution in [1.29, 1.82) is 0 Å². The van der Waals surface area contributed by atoms with Crippen molar-refractivity contribution in [2.75, 3.05) is 14.1 Å². The Kier molecular flexibility index (Phi) is 4.22. The van der Waals surface area contributed by atoms with Gasteiger partial charge < -0.3 is 0 Å². The number of benzene rings is 1. The molecular formula is C13H15F3N2O3S. The average molecular weight is 336 g/mol. The molecule has 5 nitrogen and oxygen atoms in total. The molecule has 9 heteroatoms. The van der Waals surface area contributed by atoms with E-state index >= 15 is 0 Å². The highest BCUT2D eigenvalue weighted by molar-refractivity contribution is 7.87. The summed E-state index contributed by atoms with van der Waals surface area (Å²) >= 11 is 0. The van der Waals surface area contributed by atoms with Gasteiger partial charge in [0.25, 0.3) is 0 Å². The topological polar surface area (TPSA) is 66.5 Å². The van der Waals surface area contributed by atoms with Crippen LogP contribution in [0.2, 0.25) is 0 Å². The maximum atomic E-state index is 12.9. The number of halogens is 3. The molecule has 1 aromatic rings. The fourth-order valence-corrected chi connectivity index (χ4v) is 2.79. The SMILES string of the molecule is CN(C)S(=O)(=O)NC(=O)C1CC1c1ccccc1C(F)(F)F. The van der Waals surface area contributed by atoms with E-state index < -0.39 is 39.7 Å². The zero-order valence-electron chi connectivity index (χ0n) is 11.9. The van der Waals surface area contributed by atoms with E-state index in [4.69, 9.17) is 0 Å². The van der Waals surface area contributed by atoms with Gasteiger partial charge in [0.15, 0.2) is 0 Å². The minimum absolute atomic E-state index is 0.0254. The Morgan fingerprint density at radius 3 is 2.41 bits per heavy atom. The van der Waals surface area contributed by atoms with Crippen molar-refractivity contribution in [3.63, 3.8) is 0 Å². The predicted octanol–water partition coefficient (Wildman–Crippen LogP) is 1.73. The summed E-state index contributed by atoms with van der Waals surface area (Å²) < 4.78 is 64.6. The average Bonchev–Trinajstić information content (AvgIpc) is 3.17. The van der Waals surface area contributed by atoms with Crippen molar-refractivity contribution in [3.8, 4) is 0 Å². The zero-order valence-corrected chi connectivity index (χ0v) is 12.7. The van der Waals surface area contributed by atoms with Crippen molar-refractivity contribution in [1.82, 2.24) is 9.03 Å². The van der Waals surface area contributed by atoms with Crippen LogP contribution in [0, 0.1) is 5.92 Å². The highest BCUT2D eigenvalue weighted by Crippen LogP contribution is 2.51. The first-order chi connectivity index (χ1) is 10.0. The van der Waals surface area contributed by atoms with Crippen molar-refractivity contribution < 1.29 is 26.4 Å². The smallest absolute Gasteiger partial charge is 0.274 e. The van der Waals surface area contributed by atoms with Crippen molar-refractivity contribution in [3.05, 3.63) is 35.4 Å². The summed E-state index contributed by atoms with van der Waals surface area (Å²) in [4.78, 5) is 11.9. The molecule has 0 spiro atoms. The molecule has 0 aliphatic heterocycles. The van der Waals surface area contributed by atoms with Gasteiger partial charge in [-0.25, -0.2) is 4.72 Å². The molecule has 0 radical (unpaired) electrons. The molecule has 1 aliphatic rings. The summed E-state index contributed by atoms with van der Waals surface area (Å²) in [6.45, 7) is 0. The maximum absolute atomic E-state index is 12.9. The summed E-state index contributed by atoms with van der Waals surface area (Å²) in [6, 6.07) is 5.02. The Labute approximate surface area is 126 Å². The molecule has 22 heavy (non-hydrogen) atoms. The van der Waals surface area contributed by atoms with Gasteiger partial charge in [-0.15, -0.1) is 0 Å². The van der Waals surface area contributed by atoms with E-state index in [0.717, 1.165) is 10.4 Å². The molecule has 1 saturated carbocycles. The third-order valence-electron chi connectivity index (χ3n) is 3.50. The van der Waals surface area contributed by atoms with Gasteiger partial charge in [-0.1, -0.05) is 18.2 Å². The Bertz CT molecular complexity index is 686. The van der Waals surface area contributed by atoms with Gasteiger partial charge in [-0.2, -0.15) is 25.9 Å². The molecular weight excluding hydrogens is 321 g/mol. The highest BCUT2D eigenvalue weighted by atomic mass is 32.2. The number of hydrogen-bond acceptors (Lipinski definition) is 3. The van der Waals surface area contributed by atoms with Gasteiger partial charge in [0.2, 0.25) is 5.91 Å². The number of nitrogens with one attached hydrogen (secondary N) is 1. The number of rotatable bonds is 4. The molecule has 1 aliphatic carbocycles. The third kappa shape index (κ3) is 3.41. The van der Waals surface area contributed by atoms with Crippen LogP contribution in [0.1, 0.15) is 23.5 Å². The molecule has 1 amide bonds. The second-order valence-electron chi connectivity index (χ2n) is 5.29. The van der Waals surface area contributed by atoms with Crippen LogP contribution in [0.3, 0.4) is 0 Å². The van der Waals surface area contributed by atoms with E-state index in [2.05, 4.69) is 0 Å². The van der Waals surface area contributed by atoms with E-state index in [1.165, 1.54) is 32.3 Å². The molecule has 122 valence electrons. The van der Waals surface area contributed by atoms with Crippen LogP contribution in [0.4, 0.5) is 13.2 Å². The van der Waals surface area contributed by atoms with E-state index in [-0.39, 0.29) is 12.0 Å². The summed E-state index contributed by atoms with van der Waals surface area (Å²) in [5, 5.41) is 0. The third-order valence-corrected chi connectivity index (χ3v) is 4.92. The number of carbonyl (C=O) groups excluding carboxylic acids is 1. The van der Waals surface area contributed by atoms with Gasteiger partial charge in [0.1, 0.15) is 0 Å². The van der Waals surface area contributed by atoms with Gasteiger partial charge >= 0.3 is 16.4 Å². The molecule has 0 bridgehead atoms. The molecule has 0 aromatic heterocycles. The van der Waals surface area contributed by atoms with Crippen LogP contribution in [0.25, 0.3) is 0 Å². The Balaban J connectivity index is 2.16. The summed E-state index contributed by atoms with van der Waals surface area (Å²) in [6.07, 6.45) is -4.31. The molecule has 2 atom stereocenters. The van der Waals surface area contributed by atoms with Gasteiger partial charge in [0, 0.05) is 20.0 Å². The molecule has 0 heterocycles. The van der Waals surface area contributed by atoms with Gasteiger partial charge in [0.05, 0.1) is 5.56 Å². The van der Waals surface area contributed by atoms with Crippen molar-refractivity contribution >= 4 is 16.1 Å². The lowest BCUT2D eigenvalue weighted by molar-refractivity contribution is -0.138. The normalized spacial score (nSPS) is 21.7. The summed E-state index contributed by atoms with van der Waals surface area (Å²) in [5.41, 5.74) is -0.761. The van der Waals surface area contributed by atoms with Gasteiger partial charge in [-0.05, 0) is 24.0 Å². The van der Waals surface area contributed by atoms with E-state index in [9.17, 15) is 26.4 Å². The first-order valence-corrected chi connectivity index (χ1v) is 7.88. The second kappa shape index (κ2) is 5.54. The van der Waals surface area contributed by atoms with Crippen molar-refractivity contribution in [2.24, 2.45) is 5.92 Å². The Morgan fingerprint density at radius 1 is 1.27 bits per heavy atom. The standard InChI is InChI=1S/C13H15F3N2O3S/c1-18(2)22(20,21)17-12(19)10-7-9(10)8-5-3-4-6-11(8)13(14,15)16/h3-6,9-10H,7H2,1-2H3,(H,17,19). The Hall–Kier alpha value is -1.61. The second-order valence-corrected chi connectivity index (χ2v) is 7.17. The van der Waals surface area contributed by atoms with Crippen LogP contribution in [0.5, 0.6) is 0 Å². The summed E-state index contributed by atoms with van der Waals surface area (Å²) in [5.74, 6) is -2.16. The highest BCUT2D eigenvalue weighted by Gasteiger charge is 2.48. The monoisotopic (exact) mass is 336 g/mol. The first kappa shape index (κ1) is 16.8. The van der Waals surface area contributed by atoms with Crippen LogP contribution >= 0.6 is 0 Å². The summed E-state index contributed by atoms with van der Waals surface area (Å²) in [7, 11) is -1.44. The van der Waals surface area contributed by atoms with Gasteiger partial charge in [-0.3, -0.25) is 4.79 Å². The molecule has 0 saturated heterocycles. The van der Waals surface area contributed by atoms with Crippen LogP contribution in [-0.2, 0) is 21.2 Å². The fourth-order valence-electron chi connectivity index (χ4n) is 2.20. The fraction of sp³-hybridized carbons (Fsp3) is 0.462. The number of carbonyl (C=O) groups is 1. The zero-order chi connectivity index (χ0) is 16.7. The molecule has 2 rings (SSSR count). The van der Waals surface area contributed by atoms with Crippen LogP contribution in [-0.4, -0.2) is 32.7 Å². The Morgan fingerprint density at radius 2 is 1.86 bits per heavy atom. The lowest BCUT2D eigenvalue weighted by Crippen LogP contribution is -2.40. The number of amides is 1. The first-order valence-electron chi connectivity index (χ1n) is 6.44. The van der Waals surface area contributed by atoms with E-state index in [0.29, 0.717) is 0 Å². The molecule has 1 aromatic carbocycles. The maximum Gasteiger partial charge on any atom is 0.416 e. The van der Waals surface area contributed by atoms with Crippen LogP contribution < -0.4 is 4.72 Å².